The predicted molar refractivity (Wildman–Crippen MR) is 89.7 cm³/mol. The Bertz CT molecular complexity index is 844. The Kier molecular flexibility index (Phi) is 4.37. The normalized spacial score (nSPS) is 10.6. The predicted octanol–water partition coefficient (Wildman–Crippen LogP) is 3.10. The Balaban J connectivity index is 2.03. The van der Waals surface area contributed by atoms with Crippen molar-refractivity contribution in [1.29, 1.82) is 0 Å². The molecule has 3 aromatic rings. The monoisotopic (exact) mass is 325 g/mol. The molecule has 0 fully saturated rings. The van der Waals surface area contributed by atoms with Crippen LogP contribution in [-0.2, 0) is 6.42 Å². The van der Waals surface area contributed by atoms with Gasteiger partial charge in [0.25, 0.3) is 0 Å². The van der Waals surface area contributed by atoms with Crippen LogP contribution < -0.4 is 9.47 Å². The standard InChI is InChI=1S/C18H19N3O3/c1-12-16(9-13-5-4-8-19-11-13)21(22)18(20-12)15-7-6-14(23-2)10-17(15)24-3/h4-8,10-11,22H,9H2,1-3H3. The van der Waals surface area contributed by atoms with Crippen LogP contribution in [0.3, 0.4) is 0 Å². The minimum atomic E-state index is 0.436. The maximum atomic E-state index is 10.6. The second kappa shape index (κ2) is 6.62. The number of methoxy groups -OCH3 is 2. The molecule has 24 heavy (non-hydrogen) atoms. The first-order valence-electron chi connectivity index (χ1n) is 7.52. The molecule has 0 aliphatic carbocycles. The number of aryl methyl sites for hydroxylation is 1. The summed E-state index contributed by atoms with van der Waals surface area (Å²) in [4.78, 5) is 8.62. The van der Waals surface area contributed by atoms with Crippen molar-refractivity contribution >= 4 is 0 Å². The Labute approximate surface area is 140 Å². The molecular formula is C18H19N3O3. The van der Waals surface area contributed by atoms with Crippen molar-refractivity contribution in [1.82, 2.24) is 14.7 Å². The number of ether oxygens (including phenoxy) is 2. The SMILES string of the molecule is COc1ccc(-c2nc(C)c(Cc3cccnc3)n2O)c(OC)c1. The molecule has 124 valence electrons. The fraction of sp³-hybridized carbons (Fsp3) is 0.222. The van der Waals surface area contributed by atoms with E-state index in [9.17, 15) is 5.21 Å². The number of pyridine rings is 1. The van der Waals surface area contributed by atoms with E-state index in [-0.39, 0.29) is 0 Å². The number of hydrogen-bond donors (Lipinski definition) is 1. The van der Waals surface area contributed by atoms with Crippen molar-refractivity contribution in [2.75, 3.05) is 14.2 Å². The molecule has 0 saturated heterocycles. The van der Waals surface area contributed by atoms with Crippen molar-refractivity contribution in [3.05, 3.63) is 59.7 Å². The van der Waals surface area contributed by atoms with Gasteiger partial charge in [0.2, 0.25) is 0 Å². The van der Waals surface area contributed by atoms with Crippen LogP contribution in [0.2, 0.25) is 0 Å². The molecule has 0 bridgehead atoms. The highest BCUT2D eigenvalue weighted by atomic mass is 16.5. The molecule has 0 aliphatic heterocycles. The Morgan fingerprint density at radius 1 is 1.17 bits per heavy atom. The lowest BCUT2D eigenvalue weighted by molar-refractivity contribution is 0.182. The van der Waals surface area contributed by atoms with Gasteiger partial charge in [0.1, 0.15) is 11.5 Å². The third-order valence-electron chi connectivity index (χ3n) is 3.89. The van der Waals surface area contributed by atoms with Crippen molar-refractivity contribution < 1.29 is 14.7 Å². The molecule has 2 heterocycles. The van der Waals surface area contributed by atoms with E-state index in [0.29, 0.717) is 29.3 Å². The van der Waals surface area contributed by atoms with Crippen molar-refractivity contribution in [3.63, 3.8) is 0 Å². The first kappa shape index (κ1) is 15.9. The average molecular weight is 325 g/mol. The van der Waals surface area contributed by atoms with E-state index < -0.39 is 0 Å². The van der Waals surface area contributed by atoms with E-state index >= 15 is 0 Å². The Morgan fingerprint density at radius 2 is 2.00 bits per heavy atom. The van der Waals surface area contributed by atoms with Gasteiger partial charge in [-0.3, -0.25) is 4.98 Å². The number of rotatable bonds is 5. The smallest absolute Gasteiger partial charge is 0.179 e. The van der Waals surface area contributed by atoms with Gasteiger partial charge in [0.05, 0.1) is 31.2 Å². The molecule has 0 radical (unpaired) electrons. The molecule has 0 saturated carbocycles. The third-order valence-corrected chi connectivity index (χ3v) is 3.89. The van der Waals surface area contributed by atoms with Gasteiger partial charge in [-0.05, 0) is 30.7 Å². The molecule has 0 amide bonds. The maximum Gasteiger partial charge on any atom is 0.179 e. The van der Waals surface area contributed by atoms with Crippen molar-refractivity contribution in [2.24, 2.45) is 0 Å². The van der Waals surface area contributed by atoms with Gasteiger partial charge in [-0.1, -0.05) is 6.07 Å². The molecule has 0 atom stereocenters. The largest absolute Gasteiger partial charge is 0.497 e. The second-order valence-electron chi connectivity index (χ2n) is 5.38. The van der Waals surface area contributed by atoms with Crippen LogP contribution in [0.5, 0.6) is 11.5 Å². The molecule has 1 aromatic carbocycles. The van der Waals surface area contributed by atoms with Gasteiger partial charge in [-0.15, -0.1) is 0 Å². The third kappa shape index (κ3) is 2.90. The Hall–Kier alpha value is -3.02. The van der Waals surface area contributed by atoms with Crippen LogP contribution in [0.4, 0.5) is 0 Å². The summed E-state index contributed by atoms with van der Waals surface area (Å²) in [7, 11) is 3.17. The quantitative estimate of drug-likeness (QED) is 0.730. The summed E-state index contributed by atoms with van der Waals surface area (Å²) in [5, 5.41) is 10.6. The topological polar surface area (TPSA) is 69.4 Å². The summed E-state index contributed by atoms with van der Waals surface area (Å²) >= 11 is 0. The van der Waals surface area contributed by atoms with E-state index in [2.05, 4.69) is 9.97 Å². The zero-order valence-electron chi connectivity index (χ0n) is 13.9. The summed E-state index contributed by atoms with van der Waals surface area (Å²) in [5.41, 5.74) is 3.18. The highest BCUT2D eigenvalue weighted by molar-refractivity contribution is 5.67. The van der Waals surface area contributed by atoms with E-state index in [1.165, 1.54) is 0 Å². The molecular weight excluding hydrogens is 306 g/mol. The summed E-state index contributed by atoms with van der Waals surface area (Å²) in [6.07, 6.45) is 4.04. The maximum absolute atomic E-state index is 10.6. The zero-order valence-corrected chi connectivity index (χ0v) is 13.9. The fourth-order valence-corrected chi connectivity index (χ4v) is 2.61. The van der Waals surface area contributed by atoms with E-state index in [4.69, 9.17) is 9.47 Å². The molecule has 0 unspecified atom stereocenters. The highest BCUT2D eigenvalue weighted by Crippen LogP contribution is 2.33. The molecule has 1 N–H and O–H groups in total. The van der Waals surface area contributed by atoms with Gasteiger partial charge < -0.3 is 14.7 Å². The number of imidazole rings is 1. The number of benzene rings is 1. The lowest BCUT2D eigenvalue weighted by Gasteiger charge is -2.10. The molecule has 6 heteroatoms. The molecule has 2 aromatic heterocycles. The summed E-state index contributed by atoms with van der Waals surface area (Å²) in [5.74, 6) is 1.70. The summed E-state index contributed by atoms with van der Waals surface area (Å²) < 4.78 is 11.7. The number of hydrogen-bond acceptors (Lipinski definition) is 5. The molecule has 0 aliphatic rings. The zero-order chi connectivity index (χ0) is 17.1. The van der Waals surface area contributed by atoms with Crippen molar-refractivity contribution in [3.8, 4) is 22.9 Å². The van der Waals surface area contributed by atoms with Gasteiger partial charge in [0.15, 0.2) is 5.82 Å². The van der Waals surface area contributed by atoms with E-state index in [1.54, 1.807) is 32.7 Å². The fourth-order valence-electron chi connectivity index (χ4n) is 2.61. The first-order valence-corrected chi connectivity index (χ1v) is 7.52. The van der Waals surface area contributed by atoms with E-state index in [1.807, 2.05) is 31.2 Å². The lowest BCUT2D eigenvalue weighted by atomic mass is 10.1. The molecule has 0 spiro atoms. The van der Waals surface area contributed by atoms with Crippen molar-refractivity contribution in [2.45, 2.75) is 13.3 Å². The average Bonchev–Trinajstić information content (AvgIpc) is 2.90. The number of nitrogens with zero attached hydrogens (tertiary/aromatic N) is 3. The van der Waals surface area contributed by atoms with Gasteiger partial charge >= 0.3 is 0 Å². The van der Waals surface area contributed by atoms with Crippen LogP contribution in [0.1, 0.15) is 17.0 Å². The highest BCUT2D eigenvalue weighted by Gasteiger charge is 2.19. The molecule has 3 rings (SSSR count). The summed E-state index contributed by atoms with van der Waals surface area (Å²) in [6.45, 7) is 1.87. The van der Waals surface area contributed by atoms with Gasteiger partial charge in [-0.25, -0.2) is 4.98 Å². The Morgan fingerprint density at radius 3 is 2.67 bits per heavy atom. The lowest BCUT2D eigenvalue weighted by Crippen LogP contribution is -2.03. The van der Waals surface area contributed by atoms with Gasteiger partial charge in [-0.2, -0.15) is 4.73 Å². The second-order valence-corrected chi connectivity index (χ2v) is 5.38. The number of aromatic nitrogens is 3. The van der Waals surface area contributed by atoms with Gasteiger partial charge in [0, 0.05) is 24.9 Å². The van der Waals surface area contributed by atoms with E-state index in [0.717, 1.165) is 21.7 Å². The minimum absolute atomic E-state index is 0.436. The van der Waals surface area contributed by atoms with Crippen LogP contribution >= 0.6 is 0 Å². The van der Waals surface area contributed by atoms with Crippen LogP contribution in [0.15, 0.2) is 42.7 Å². The van der Waals surface area contributed by atoms with Crippen LogP contribution in [0.25, 0.3) is 11.4 Å². The first-order chi connectivity index (χ1) is 11.6. The van der Waals surface area contributed by atoms with Crippen LogP contribution in [-0.4, -0.2) is 34.1 Å². The summed E-state index contributed by atoms with van der Waals surface area (Å²) in [6, 6.07) is 9.23. The van der Waals surface area contributed by atoms with Crippen LogP contribution in [0, 0.1) is 6.92 Å². The molecule has 6 nitrogen and oxygen atoms in total. The minimum Gasteiger partial charge on any atom is -0.497 e.